The molecule has 1 N–H and O–H groups in total. The molecule has 0 bridgehead atoms. The maximum atomic E-state index is 13.3. The Balaban J connectivity index is 1.76. The molecule has 9 heteroatoms. The molecule has 0 spiro atoms. The van der Waals surface area contributed by atoms with Gasteiger partial charge in [-0.05, 0) is 49.5 Å². The lowest BCUT2D eigenvalue weighted by atomic mass is 10.1. The van der Waals surface area contributed by atoms with E-state index >= 15 is 0 Å². The maximum Gasteiger partial charge on any atom is 0.278 e. The third-order valence-electron chi connectivity index (χ3n) is 6.84. The highest BCUT2D eigenvalue weighted by Crippen LogP contribution is 2.34. The Morgan fingerprint density at radius 1 is 1.24 bits per heavy atom. The first-order valence-corrected chi connectivity index (χ1v) is 12.0. The van der Waals surface area contributed by atoms with Gasteiger partial charge < -0.3 is 14.9 Å². The Kier molecular flexibility index (Phi) is 6.23. The maximum absolute atomic E-state index is 13.3. The molecular weight excluding hydrogens is 439 g/mol. The van der Waals surface area contributed by atoms with Crippen molar-refractivity contribution in [1.29, 1.82) is 0 Å². The Morgan fingerprint density at radius 3 is 2.61 bits per heavy atom. The number of carbonyl (C=O) groups excluding carboxylic acids is 2. The number of benzene rings is 1. The van der Waals surface area contributed by atoms with Crippen LogP contribution in [0.5, 0.6) is 5.75 Å². The van der Waals surface area contributed by atoms with Crippen LogP contribution in [-0.2, 0) is 6.54 Å². The fourth-order valence-corrected chi connectivity index (χ4v) is 5.38. The van der Waals surface area contributed by atoms with E-state index in [1.807, 2.05) is 37.1 Å². The molecule has 0 aliphatic carbocycles. The van der Waals surface area contributed by atoms with Crippen molar-refractivity contribution in [2.45, 2.75) is 58.8 Å². The van der Waals surface area contributed by atoms with E-state index in [0.717, 1.165) is 35.7 Å². The highest BCUT2D eigenvalue weighted by molar-refractivity contribution is 7.27. The number of hydrogen-bond donors (Lipinski definition) is 1. The summed E-state index contributed by atoms with van der Waals surface area (Å²) >= 11 is 0. The lowest BCUT2D eigenvalue weighted by Gasteiger charge is -2.45. The van der Waals surface area contributed by atoms with Gasteiger partial charge >= 0.3 is 0 Å². The first-order valence-electron chi connectivity index (χ1n) is 11.4. The van der Waals surface area contributed by atoms with Gasteiger partial charge in [0, 0.05) is 32.4 Å². The first-order chi connectivity index (χ1) is 15.7. The largest absolute Gasteiger partial charge is 0.502 e. The second-order valence-electron chi connectivity index (χ2n) is 8.85. The van der Waals surface area contributed by atoms with Crippen LogP contribution in [0.3, 0.4) is 0 Å². The molecule has 3 heterocycles. The van der Waals surface area contributed by atoms with E-state index in [1.54, 1.807) is 16.6 Å². The van der Waals surface area contributed by atoms with Crippen molar-refractivity contribution < 1.29 is 14.7 Å². The third-order valence-corrected chi connectivity index (χ3v) is 7.20. The zero-order valence-corrected chi connectivity index (χ0v) is 20.7. The number of aryl methyl sites for hydroxylation is 1. The van der Waals surface area contributed by atoms with Gasteiger partial charge in [-0.15, -0.1) is 9.24 Å². The van der Waals surface area contributed by atoms with Crippen molar-refractivity contribution in [3.8, 4) is 5.75 Å². The van der Waals surface area contributed by atoms with Gasteiger partial charge in [-0.1, -0.05) is 25.1 Å². The van der Waals surface area contributed by atoms with Crippen molar-refractivity contribution in [1.82, 2.24) is 14.5 Å². The van der Waals surface area contributed by atoms with Crippen LogP contribution >= 0.6 is 9.24 Å². The monoisotopic (exact) mass is 470 g/mol. The SMILES string of the molecule is CC[C@@H]1CC[C@H]2N(CC)C(=O)c3c(O)c(=O)c(C(=O)N(C)Cc4ccc(P)cc4C)cn3N12. The molecule has 1 saturated heterocycles. The van der Waals surface area contributed by atoms with Crippen LogP contribution in [0.15, 0.2) is 29.2 Å². The van der Waals surface area contributed by atoms with Crippen molar-refractivity contribution >= 4 is 26.4 Å². The van der Waals surface area contributed by atoms with Gasteiger partial charge in [0.2, 0.25) is 5.43 Å². The Hall–Kier alpha value is -2.86. The molecule has 2 amide bonds. The van der Waals surface area contributed by atoms with Gasteiger partial charge in [-0.2, -0.15) is 0 Å². The molecule has 1 unspecified atom stereocenters. The summed E-state index contributed by atoms with van der Waals surface area (Å²) in [4.78, 5) is 42.7. The number of rotatable bonds is 5. The zero-order valence-electron chi connectivity index (χ0n) is 19.5. The number of aromatic hydroxyl groups is 1. The molecule has 0 radical (unpaired) electrons. The number of pyridine rings is 1. The molecule has 176 valence electrons. The predicted molar refractivity (Wildman–Crippen MR) is 131 cm³/mol. The van der Waals surface area contributed by atoms with Crippen molar-refractivity contribution in [3.05, 3.63) is 57.0 Å². The van der Waals surface area contributed by atoms with E-state index in [2.05, 4.69) is 16.2 Å². The fourth-order valence-electron chi connectivity index (χ4n) is 5.04. The quantitative estimate of drug-likeness (QED) is 0.676. The number of carbonyl (C=O) groups is 2. The number of amides is 2. The van der Waals surface area contributed by atoms with Gasteiger partial charge in [-0.25, -0.2) is 0 Å². The summed E-state index contributed by atoms with van der Waals surface area (Å²) in [5.41, 5.74) is 0.994. The van der Waals surface area contributed by atoms with Gasteiger partial charge in [0.25, 0.3) is 11.8 Å². The second kappa shape index (κ2) is 8.82. The van der Waals surface area contributed by atoms with E-state index < -0.39 is 17.1 Å². The lowest BCUT2D eigenvalue weighted by molar-refractivity contribution is 0.0596. The van der Waals surface area contributed by atoms with E-state index in [-0.39, 0.29) is 29.4 Å². The molecule has 33 heavy (non-hydrogen) atoms. The van der Waals surface area contributed by atoms with Crippen LogP contribution in [0.2, 0.25) is 0 Å². The number of nitrogens with zero attached hydrogens (tertiary/aromatic N) is 4. The zero-order chi connectivity index (χ0) is 24.0. The van der Waals surface area contributed by atoms with Crippen molar-refractivity contribution in [3.63, 3.8) is 0 Å². The van der Waals surface area contributed by atoms with Crippen LogP contribution < -0.4 is 15.7 Å². The highest BCUT2D eigenvalue weighted by Gasteiger charge is 2.45. The average molecular weight is 471 g/mol. The van der Waals surface area contributed by atoms with Crippen LogP contribution in [0.1, 0.15) is 65.1 Å². The summed E-state index contributed by atoms with van der Waals surface area (Å²) in [5, 5.41) is 13.9. The van der Waals surface area contributed by atoms with E-state index in [9.17, 15) is 19.5 Å². The fraction of sp³-hybridized carbons (Fsp3) is 0.458. The van der Waals surface area contributed by atoms with Gasteiger partial charge in [0.05, 0.1) is 0 Å². The van der Waals surface area contributed by atoms with Gasteiger partial charge in [0.1, 0.15) is 11.7 Å². The first kappa shape index (κ1) is 23.3. The molecule has 4 rings (SSSR count). The molecule has 1 aromatic heterocycles. The second-order valence-corrected chi connectivity index (χ2v) is 9.52. The van der Waals surface area contributed by atoms with Crippen molar-refractivity contribution in [2.24, 2.45) is 0 Å². The summed E-state index contributed by atoms with van der Waals surface area (Å²) < 4.78 is 1.56. The molecular formula is C24H31N4O4P. The molecule has 1 fully saturated rings. The summed E-state index contributed by atoms with van der Waals surface area (Å²) in [5.74, 6) is -1.54. The van der Waals surface area contributed by atoms with Gasteiger partial charge in [-0.3, -0.25) is 24.1 Å². The topological polar surface area (TPSA) is 86.1 Å². The van der Waals surface area contributed by atoms with Gasteiger partial charge in [0.15, 0.2) is 11.4 Å². The minimum atomic E-state index is -0.815. The average Bonchev–Trinajstić information content (AvgIpc) is 3.21. The van der Waals surface area contributed by atoms with Crippen LogP contribution in [0, 0.1) is 6.92 Å². The molecule has 1 aromatic carbocycles. The Bertz CT molecular complexity index is 1180. The normalized spacial score (nSPS) is 19.5. The minimum Gasteiger partial charge on any atom is -0.502 e. The number of aromatic nitrogens is 1. The summed E-state index contributed by atoms with van der Waals surface area (Å²) in [7, 11) is 4.28. The Morgan fingerprint density at radius 2 is 1.97 bits per heavy atom. The molecule has 2 aliphatic rings. The lowest BCUT2D eigenvalue weighted by Crippen LogP contribution is -2.60. The summed E-state index contributed by atoms with van der Waals surface area (Å²) in [6, 6.07) is 6.07. The van der Waals surface area contributed by atoms with E-state index in [1.165, 1.54) is 11.1 Å². The summed E-state index contributed by atoms with van der Waals surface area (Å²) in [6.07, 6.45) is 3.84. The predicted octanol–water partition coefficient (Wildman–Crippen LogP) is 1.95. The van der Waals surface area contributed by atoms with Crippen molar-refractivity contribution in [2.75, 3.05) is 18.6 Å². The molecule has 2 aliphatic heterocycles. The molecule has 3 atom stereocenters. The van der Waals surface area contributed by atoms with E-state index in [0.29, 0.717) is 13.1 Å². The van der Waals surface area contributed by atoms with Crippen LogP contribution in [0.25, 0.3) is 0 Å². The third kappa shape index (κ3) is 3.80. The Labute approximate surface area is 196 Å². The summed E-state index contributed by atoms with van der Waals surface area (Å²) in [6.45, 7) is 6.74. The standard InChI is InChI=1S/C24H31N4O4P/c1-5-16-8-10-19-26(6-2)24(32)20-22(30)21(29)18(13-27(20)28(16)19)23(31)25(4)12-15-7-9-17(33)11-14(15)3/h7,9,11,13,16,19,30H,5-6,8,10,12,33H2,1-4H3/t16-,19+/m1/s1. The van der Waals surface area contributed by atoms with Crippen LogP contribution in [-0.4, -0.2) is 57.2 Å². The molecule has 8 nitrogen and oxygen atoms in total. The van der Waals surface area contributed by atoms with Crippen LogP contribution in [0.4, 0.5) is 0 Å². The molecule has 0 saturated carbocycles. The smallest absolute Gasteiger partial charge is 0.278 e. The number of fused-ring (bicyclic) bond motifs is 3. The molecule has 2 aromatic rings. The minimum absolute atomic E-state index is 0.0652. The van der Waals surface area contributed by atoms with E-state index in [4.69, 9.17) is 0 Å². The number of hydrogen-bond acceptors (Lipinski definition) is 5. The highest BCUT2D eigenvalue weighted by atomic mass is 31.0.